The van der Waals surface area contributed by atoms with Crippen LogP contribution in [0.1, 0.15) is 38.1 Å². The van der Waals surface area contributed by atoms with Gasteiger partial charge in [0.05, 0.1) is 5.69 Å². The van der Waals surface area contributed by atoms with Gasteiger partial charge in [0.2, 0.25) is 0 Å². The number of aryl methyl sites for hydroxylation is 1. The second-order valence-electron chi connectivity index (χ2n) is 4.91. The lowest BCUT2D eigenvalue weighted by atomic mass is 10.1. The third-order valence-corrected chi connectivity index (χ3v) is 2.10. The summed E-state index contributed by atoms with van der Waals surface area (Å²) in [5.41, 5.74) is 1.85. The van der Waals surface area contributed by atoms with E-state index in [-0.39, 0.29) is 19.0 Å². The second-order valence-corrected chi connectivity index (χ2v) is 4.91. The molecular formula is C12H22N2OS. The van der Waals surface area contributed by atoms with Crippen LogP contribution in [0.3, 0.4) is 0 Å². The van der Waals surface area contributed by atoms with Gasteiger partial charge >= 0.3 is 0 Å². The molecular weight excluding hydrogens is 220 g/mol. The number of pyridine rings is 1. The molecule has 0 saturated heterocycles. The number of nitrogens with zero attached hydrogens (tertiary/aromatic N) is 1. The van der Waals surface area contributed by atoms with E-state index in [0.717, 1.165) is 11.3 Å². The normalized spacial score (nSPS) is 13.1. The summed E-state index contributed by atoms with van der Waals surface area (Å²) in [7, 11) is 0. The molecule has 3 nitrogen and oxygen atoms in total. The van der Waals surface area contributed by atoms with Crippen LogP contribution in [-0.2, 0) is 0 Å². The van der Waals surface area contributed by atoms with E-state index in [9.17, 15) is 5.11 Å². The zero-order valence-electron chi connectivity index (χ0n) is 10.4. The van der Waals surface area contributed by atoms with Crippen LogP contribution in [0.5, 0.6) is 0 Å². The SMILES string of the molecule is Cc1ccc([C@@H](O)CNC(C)(C)C)nc1.S. The molecule has 0 aromatic carbocycles. The van der Waals surface area contributed by atoms with Crippen molar-refractivity contribution in [2.45, 2.75) is 39.3 Å². The molecule has 0 spiro atoms. The molecule has 1 atom stereocenters. The number of rotatable bonds is 3. The average molecular weight is 242 g/mol. The van der Waals surface area contributed by atoms with Crippen molar-refractivity contribution in [1.82, 2.24) is 10.3 Å². The van der Waals surface area contributed by atoms with Gasteiger partial charge in [0.1, 0.15) is 6.10 Å². The molecule has 1 heterocycles. The Balaban J connectivity index is 0.00000225. The van der Waals surface area contributed by atoms with Gasteiger partial charge in [0, 0.05) is 18.3 Å². The maximum Gasteiger partial charge on any atom is 0.108 e. The summed E-state index contributed by atoms with van der Waals surface area (Å²) in [5.74, 6) is 0. The molecule has 1 rings (SSSR count). The topological polar surface area (TPSA) is 45.1 Å². The van der Waals surface area contributed by atoms with Crippen molar-refractivity contribution in [1.29, 1.82) is 0 Å². The number of hydrogen-bond donors (Lipinski definition) is 2. The fraction of sp³-hybridized carbons (Fsp3) is 0.583. The molecule has 92 valence electrons. The molecule has 0 radical (unpaired) electrons. The van der Waals surface area contributed by atoms with Crippen LogP contribution in [0.4, 0.5) is 0 Å². The zero-order chi connectivity index (χ0) is 11.5. The number of aliphatic hydroxyl groups is 1. The fourth-order valence-corrected chi connectivity index (χ4v) is 1.18. The molecule has 0 aliphatic heterocycles. The van der Waals surface area contributed by atoms with Crippen LogP contribution >= 0.6 is 13.5 Å². The number of aliphatic hydroxyl groups excluding tert-OH is 1. The number of β-amino-alcohol motifs (C(OH)–C–C–N with tert-alkyl or cyclic N) is 1. The van der Waals surface area contributed by atoms with E-state index in [2.05, 4.69) is 31.1 Å². The van der Waals surface area contributed by atoms with Crippen molar-refractivity contribution in [3.05, 3.63) is 29.6 Å². The second kappa shape index (κ2) is 6.23. The van der Waals surface area contributed by atoms with Gasteiger partial charge in [-0.15, -0.1) is 0 Å². The summed E-state index contributed by atoms with van der Waals surface area (Å²) >= 11 is 0. The molecule has 4 heteroatoms. The van der Waals surface area contributed by atoms with Gasteiger partial charge in [-0.2, -0.15) is 13.5 Å². The van der Waals surface area contributed by atoms with Crippen LogP contribution < -0.4 is 5.32 Å². The van der Waals surface area contributed by atoms with E-state index in [1.54, 1.807) is 6.20 Å². The molecule has 0 saturated carbocycles. The van der Waals surface area contributed by atoms with Gasteiger partial charge in [-0.3, -0.25) is 4.98 Å². The van der Waals surface area contributed by atoms with Crippen molar-refractivity contribution in [2.24, 2.45) is 0 Å². The molecule has 0 fully saturated rings. The summed E-state index contributed by atoms with van der Waals surface area (Å²) < 4.78 is 0. The predicted octanol–water partition coefficient (Wildman–Crippen LogP) is 1.92. The van der Waals surface area contributed by atoms with E-state index in [0.29, 0.717) is 6.54 Å². The van der Waals surface area contributed by atoms with Crippen LogP contribution in [0.2, 0.25) is 0 Å². The highest BCUT2D eigenvalue weighted by Gasteiger charge is 2.13. The minimum Gasteiger partial charge on any atom is -0.385 e. The van der Waals surface area contributed by atoms with Gasteiger partial charge in [0.15, 0.2) is 0 Å². The van der Waals surface area contributed by atoms with Crippen molar-refractivity contribution in [2.75, 3.05) is 6.54 Å². The summed E-state index contributed by atoms with van der Waals surface area (Å²) in [6, 6.07) is 3.83. The lowest BCUT2D eigenvalue weighted by molar-refractivity contribution is 0.159. The summed E-state index contributed by atoms with van der Waals surface area (Å²) in [5, 5.41) is 13.1. The molecule has 1 aromatic rings. The molecule has 0 aliphatic rings. The third-order valence-electron chi connectivity index (χ3n) is 2.10. The Kier molecular flexibility index (Phi) is 6.00. The first-order valence-corrected chi connectivity index (χ1v) is 5.24. The largest absolute Gasteiger partial charge is 0.385 e. The first-order valence-electron chi connectivity index (χ1n) is 5.24. The highest BCUT2D eigenvalue weighted by molar-refractivity contribution is 7.59. The first-order chi connectivity index (χ1) is 6.88. The van der Waals surface area contributed by atoms with Crippen molar-refractivity contribution in [3.8, 4) is 0 Å². The van der Waals surface area contributed by atoms with Crippen LogP contribution in [0.25, 0.3) is 0 Å². The van der Waals surface area contributed by atoms with Gasteiger partial charge in [-0.25, -0.2) is 0 Å². The Morgan fingerprint density at radius 2 is 2.00 bits per heavy atom. The maximum absolute atomic E-state index is 9.85. The lowest BCUT2D eigenvalue weighted by Crippen LogP contribution is -2.38. The highest BCUT2D eigenvalue weighted by Crippen LogP contribution is 2.10. The van der Waals surface area contributed by atoms with Gasteiger partial charge in [-0.1, -0.05) is 6.07 Å². The van der Waals surface area contributed by atoms with E-state index in [4.69, 9.17) is 0 Å². The molecule has 16 heavy (non-hydrogen) atoms. The molecule has 0 amide bonds. The van der Waals surface area contributed by atoms with Crippen molar-refractivity contribution >= 4 is 13.5 Å². The minimum absolute atomic E-state index is 0. The Morgan fingerprint density at radius 3 is 2.44 bits per heavy atom. The molecule has 0 aliphatic carbocycles. The van der Waals surface area contributed by atoms with Crippen LogP contribution in [-0.4, -0.2) is 22.2 Å². The van der Waals surface area contributed by atoms with E-state index < -0.39 is 6.10 Å². The zero-order valence-corrected chi connectivity index (χ0v) is 11.4. The van der Waals surface area contributed by atoms with Crippen LogP contribution in [0, 0.1) is 6.92 Å². The van der Waals surface area contributed by atoms with Crippen LogP contribution in [0.15, 0.2) is 18.3 Å². The quantitative estimate of drug-likeness (QED) is 0.851. The Morgan fingerprint density at radius 1 is 1.38 bits per heavy atom. The first kappa shape index (κ1) is 15.4. The van der Waals surface area contributed by atoms with Gasteiger partial charge in [-0.05, 0) is 39.3 Å². The summed E-state index contributed by atoms with van der Waals surface area (Å²) in [4.78, 5) is 4.19. The monoisotopic (exact) mass is 242 g/mol. The third kappa shape index (κ3) is 5.49. The van der Waals surface area contributed by atoms with Gasteiger partial charge in [0.25, 0.3) is 0 Å². The van der Waals surface area contributed by atoms with Crippen molar-refractivity contribution in [3.63, 3.8) is 0 Å². The Hall–Kier alpha value is -0.580. The summed E-state index contributed by atoms with van der Waals surface area (Å²) in [6.45, 7) is 8.73. The Bertz CT molecular complexity index is 306. The molecule has 0 bridgehead atoms. The highest BCUT2D eigenvalue weighted by atomic mass is 32.1. The van der Waals surface area contributed by atoms with E-state index in [1.807, 2.05) is 19.1 Å². The number of hydrogen-bond acceptors (Lipinski definition) is 3. The lowest BCUT2D eigenvalue weighted by Gasteiger charge is -2.22. The minimum atomic E-state index is -0.537. The standard InChI is InChI=1S/C12H20N2O.H2S/c1-9-5-6-10(13-7-9)11(15)8-14-12(2,3)4;/h5-7,11,14-15H,8H2,1-4H3;1H2/t11-;/m0./s1. The maximum atomic E-state index is 9.85. The number of nitrogens with one attached hydrogen (secondary N) is 1. The number of aromatic nitrogens is 1. The summed E-state index contributed by atoms with van der Waals surface area (Å²) in [6.07, 6.45) is 1.24. The average Bonchev–Trinajstić information content (AvgIpc) is 2.14. The predicted molar refractivity (Wildman–Crippen MR) is 72.1 cm³/mol. The molecule has 0 unspecified atom stereocenters. The molecule has 1 aromatic heterocycles. The van der Waals surface area contributed by atoms with Crippen molar-refractivity contribution < 1.29 is 5.11 Å². The fourth-order valence-electron chi connectivity index (χ4n) is 1.18. The van der Waals surface area contributed by atoms with Gasteiger partial charge < -0.3 is 10.4 Å². The van der Waals surface area contributed by atoms with E-state index >= 15 is 0 Å². The smallest absolute Gasteiger partial charge is 0.108 e. The molecule has 2 N–H and O–H groups in total. The van der Waals surface area contributed by atoms with E-state index in [1.165, 1.54) is 0 Å². The Labute approximate surface area is 105 Å².